The first-order valence-electron chi connectivity index (χ1n) is 9.61. The van der Waals surface area contributed by atoms with Crippen molar-refractivity contribution >= 4 is 33.0 Å². The lowest BCUT2D eigenvalue weighted by molar-refractivity contribution is 0.720. The Morgan fingerprint density at radius 2 is 1.45 bits per heavy atom. The summed E-state index contributed by atoms with van der Waals surface area (Å²) in [4.78, 5) is 1.41. The van der Waals surface area contributed by atoms with Gasteiger partial charge in [0.2, 0.25) is 0 Å². The minimum absolute atomic E-state index is 0.685. The molecule has 0 spiro atoms. The van der Waals surface area contributed by atoms with Crippen LogP contribution in [0.15, 0.2) is 83.9 Å². The summed E-state index contributed by atoms with van der Waals surface area (Å²) in [6.45, 7) is 2.02. The van der Waals surface area contributed by atoms with Gasteiger partial charge in [-0.15, -0.1) is 20.1 Å². The van der Waals surface area contributed by atoms with Gasteiger partial charge in [0.05, 0.1) is 11.4 Å². The lowest BCUT2D eigenvalue weighted by Gasteiger charge is -1.98. The fraction of sp³-hybridized carbons (Fsp3) is 0.0476. The first-order valence-corrected chi connectivity index (χ1v) is 10.4. The second-order valence-corrected chi connectivity index (χ2v) is 7.65. The van der Waals surface area contributed by atoms with Crippen molar-refractivity contribution in [2.24, 2.45) is 0 Å². The van der Waals surface area contributed by atoms with Gasteiger partial charge in [-0.05, 0) is 82.7 Å². The van der Waals surface area contributed by atoms with Crippen LogP contribution in [0, 0.1) is 6.92 Å². The molecule has 12 heteroatoms. The Labute approximate surface area is 198 Å². The monoisotopic (exact) mass is 507 g/mol. The second-order valence-electron chi connectivity index (χ2n) is 6.73. The number of hydrogen-bond donors (Lipinski definition) is 3. The van der Waals surface area contributed by atoms with E-state index in [1.807, 2.05) is 55.5 Å². The third kappa shape index (κ3) is 7.40. The molecule has 5 aromatic rings. The Morgan fingerprint density at radius 1 is 0.758 bits per heavy atom. The molecule has 5 rings (SSSR count). The molecule has 0 amide bonds. The van der Waals surface area contributed by atoms with Gasteiger partial charge in [0.1, 0.15) is 6.33 Å². The maximum Gasteiger partial charge on any atom is 0.162 e. The van der Waals surface area contributed by atoms with Gasteiger partial charge in [-0.2, -0.15) is 0 Å². The number of nitrogens with zero attached hydrogens (tertiary/aromatic N) is 8. The molecule has 0 aliphatic heterocycles. The molecule has 0 aliphatic rings. The number of hydrogen-bond acceptors (Lipinski definition) is 9. The molecule has 11 nitrogen and oxygen atoms in total. The number of rotatable bonds is 2. The number of anilines is 3. The Kier molecular flexibility index (Phi) is 8.02. The molecule has 0 unspecified atom stereocenters. The summed E-state index contributed by atoms with van der Waals surface area (Å²) >= 11 is 3.33. The average Bonchev–Trinajstić information content (AvgIpc) is 3.48. The van der Waals surface area contributed by atoms with Crippen molar-refractivity contribution in [3.63, 3.8) is 0 Å². The summed E-state index contributed by atoms with van der Waals surface area (Å²) in [5, 5.41) is 22.0. The maximum atomic E-state index is 5.58. The normalized spacial score (nSPS) is 9.88. The van der Waals surface area contributed by atoms with Crippen LogP contribution >= 0.6 is 15.9 Å². The Bertz CT molecular complexity index is 1150. The van der Waals surface area contributed by atoms with Gasteiger partial charge in [0, 0.05) is 21.5 Å². The fourth-order valence-electron chi connectivity index (χ4n) is 2.65. The van der Waals surface area contributed by atoms with Gasteiger partial charge in [-0.3, -0.25) is 0 Å². The summed E-state index contributed by atoms with van der Waals surface area (Å²) in [6.07, 6.45) is 2.90. The Balaban J connectivity index is 0.000000141. The van der Waals surface area contributed by atoms with Crippen LogP contribution in [0.5, 0.6) is 0 Å². The van der Waals surface area contributed by atoms with E-state index in [1.54, 1.807) is 22.9 Å². The van der Waals surface area contributed by atoms with Crippen LogP contribution in [0.4, 0.5) is 17.1 Å². The van der Waals surface area contributed by atoms with Crippen LogP contribution in [0.25, 0.3) is 11.4 Å². The summed E-state index contributed by atoms with van der Waals surface area (Å²) < 4.78 is 2.59. The SMILES string of the molecule is Cc1cc(N)cc(Br)c1.Nc1cccc(-n2cnnn2)c1.Nc1cccc(-n2ncnn2)c1. The highest BCUT2D eigenvalue weighted by Crippen LogP contribution is 2.16. The molecule has 0 saturated carbocycles. The Hall–Kier alpha value is -4.32. The van der Waals surface area contributed by atoms with Crippen molar-refractivity contribution in [3.8, 4) is 11.4 Å². The molecule has 168 valence electrons. The Morgan fingerprint density at radius 3 is 2.00 bits per heavy atom. The van der Waals surface area contributed by atoms with Gasteiger partial charge < -0.3 is 17.2 Å². The molecule has 0 saturated heterocycles. The van der Waals surface area contributed by atoms with Gasteiger partial charge in [-0.25, -0.2) is 4.68 Å². The van der Waals surface area contributed by atoms with E-state index in [0.717, 1.165) is 21.5 Å². The predicted molar refractivity (Wildman–Crippen MR) is 130 cm³/mol. The number of halogens is 1. The number of aromatic nitrogens is 8. The second kappa shape index (κ2) is 11.3. The van der Waals surface area contributed by atoms with Crippen molar-refractivity contribution in [1.29, 1.82) is 0 Å². The molecular formula is C21H22BrN11. The molecule has 0 fully saturated rings. The van der Waals surface area contributed by atoms with E-state index in [9.17, 15) is 0 Å². The van der Waals surface area contributed by atoms with Crippen molar-refractivity contribution in [2.75, 3.05) is 17.2 Å². The lowest BCUT2D eigenvalue weighted by Crippen LogP contribution is -1.99. The molecule has 0 aliphatic carbocycles. The first kappa shape index (κ1) is 23.3. The zero-order valence-corrected chi connectivity index (χ0v) is 19.3. The van der Waals surface area contributed by atoms with E-state index in [2.05, 4.69) is 46.9 Å². The number of nitrogen functional groups attached to an aromatic ring is 3. The number of tetrazole rings is 2. The first-order chi connectivity index (χ1) is 15.9. The van der Waals surface area contributed by atoms with Gasteiger partial charge in [0.25, 0.3) is 0 Å². The van der Waals surface area contributed by atoms with Gasteiger partial charge in [0.15, 0.2) is 6.33 Å². The van der Waals surface area contributed by atoms with Crippen LogP contribution in [-0.2, 0) is 0 Å². The van der Waals surface area contributed by atoms with Crippen LogP contribution in [-0.4, -0.2) is 40.4 Å². The quantitative estimate of drug-likeness (QED) is 0.304. The molecule has 2 aromatic heterocycles. The van der Waals surface area contributed by atoms with E-state index in [-0.39, 0.29) is 0 Å². The number of nitrogens with two attached hydrogens (primary N) is 3. The molecular weight excluding hydrogens is 486 g/mol. The summed E-state index contributed by atoms with van der Waals surface area (Å²) in [7, 11) is 0. The fourth-order valence-corrected chi connectivity index (χ4v) is 3.27. The third-order valence-electron chi connectivity index (χ3n) is 4.00. The highest BCUT2D eigenvalue weighted by Gasteiger charge is 1.97. The number of benzene rings is 3. The third-order valence-corrected chi connectivity index (χ3v) is 4.46. The summed E-state index contributed by atoms with van der Waals surface area (Å²) in [5.74, 6) is 0. The summed E-state index contributed by atoms with van der Waals surface area (Å²) in [5.41, 5.74) is 21.7. The van der Waals surface area contributed by atoms with E-state index >= 15 is 0 Å². The van der Waals surface area contributed by atoms with Crippen LogP contribution in [0.2, 0.25) is 0 Å². The van der Waals surface area contributed by atoms with Crippen molar-refractivity contribution < 1.29 is 0 Å². The largest absolute Gasteiger partial charge is 0.399 e. The minimum Gasteiger partial charge on any atom is -0.399 e. The van der Waals surface area contributed by atoms with Crippen molar-refractivity contribution in [3.05, 3.63) is 89.4 Å². The zero-order valence-electron chi connectivity index (χ0n) is 17.7. The van der Waals surface area contributed by atoms with Gasteiger partial charge >= 0.3 is 0 Å². The predicted octanol–water partition coefficient (Wildman–Crippen LogP) is 2.83. The molecule has 33 heavy (non-hydrogen) atoms. The number of aryl methyl sites for hydroxylation is 1. The molecule has 6 N–H and O–H groups in total. The van der Waals surface area contributed by atoms with Gasteiger partial charge in [-0.1, -0.05) is 28.1 Å². The summed E-state index contributed by atoms with van der Waals surface area (Å²) in [6, 6.07) is 20.5. The van der Waals surface area contributed by atoms with E-state index in [0.29, 0.717) is 11.4 Å². The molecule has 0 radical (unpaired) electrons. The van der Waals surface area contributed by atoms with E-state index < -0.39 is 0 Å². The van der Waals surface area contributed by atoms with Crippen molar-refractivity contribution in [2.45, 2.75) is 6.92 Å². The average molecular weight is 508 g/mol. The van der Waals surface area contributed by atoms with Crippen LogP contribution in [0.1, 0.15) is 5.56 Å². The standard InChI is InChI=1S/C7H8BrN.2C7H7N5/c1-5-2-6(8)4-7(9)3-5;8-6-2-1-3-7(4-6)12-5-9-10-11-12;8-6-2-1-3-7(4-6)12-10-5-9-11-12/h2-4H,9H2,1H3;2*1-5H,8H2. The highest BCUT2D eigenvalue weighted by molar-refractivity contribution is 9.10. The highest BCUT2D eigenvalue weighted by atomic mass is 79.9. The molecule has 0 atom stereocenters. The van der Waals surface area contributed by atoms with E-state index in [1.165, 1.54) is 23.0 Å². The molecule has 3 aromatic carbocycles. The van der Waals surface area contributed by atoms with E-state index in [4.69, 9.17) is 17.2 Å². The topological polar surface area (TPSA) is 165 Å². The maximum absolute atomic E-state index is 5.58. The molecule has 2 heterocycles. The lowest BCUT2D eigenvalue weighted by atomic mass is 10.2. The zero-order chi connectivity index (χ0) is 23.6. The smallest absolute Gasteiger partial charge is 0.162 e. The van der Waals surface area contributed by atoms with Crippen LogP contribution < -0.4 is 17.2 Å². The minimum atomic E-state index is 0.685. The van der Waals surface area contributed by atoms with Crippen LogP contribution in [0.3, 0.4) is 0 Å². The molecule has 0 bridgehead atoms. The van der Waals surface area contributed by atoms with Crippen molar-refractivity contribution in [1.82, 2.24) is 40.4 Å².